The van der Waals surface area contributed by atoms with E-state index in [1.807, 2.05) is 0 Å². The molecule has 0 unspecified atom stereocenters. The number of rotatable bonds is 14. The van der Waals surface area contributed by atoms with Gasteiger partial charge in [-0.3, -0.25) is 39.2 Å². The lowest BCUT2D eigenvalue weighted by molar-refractivity contribution is -0.209. The molecule has 4 aromatic carbocycles. The van der Waals surface area contributed by atoms with Gasteiger partial charge in [0.05, 0.1) is 66.8 Å². The molecule has 4 aromatic rings. The minimum Gasteiger partial charge on any atom is -0.496 e. The maximum Gasteiger partial charge on any atom is 0.359 e. The molecular formula is C54H56N12O16. The Hall–Kier alpha value is -10.0. The fraction of sp³-hybridized carbons (Fsp3) is 0.370. The maximum atomic E-state index is 16.3. The second-order valence-electron chi connectivity index (χ2n) is 19.5. The fourth-order valence-corrected chi connectivity index (χ4v) is 12.7. The van der Waals surface area contributed by atoms with Gasteiger partial charge in [0, 0.05) is 45.0 Å². The van der Waals surface area contributed by atoms with E-state index in [0.29, 0.717) is 21.2 Å². The van der Waals surface area contributed by atoms with Crippen molar-refractivity contribution >= 4 is 82.8 Å². The average molecular weight is 1130 g/mol. The molecule has 0 saturated carbocycles. The highest BCUT2D eigenvalue weighted by Crippen LogP contribution is 2.62. The van der Waals surface area contributed by atoms with Gasteiger partial charge in [-0.25, -0.2) is 47.9 Å². The van der Waals surface area contributed by atoms with E-state index < -0.39 is 135 Å². The van der Waals surface area contributed by atoms with Crippen LogP contribution in [-0.2, 0) is 64.3 Å². The number of methoxy groups -OCH3 is 2. The number of anilines is 4. The minimum atomic E-state index is -3.08. The largest absolute Gasteiger partial charge is 0.496 e. The fourth-order valence-electron chi connectivity index (χ4n) is 12.7. The highest BCUT2D eigenvalue weighted by Gasteiger charge is 2.93. The molecule has 28 heteroatoms. The van der Waals surface area contributed by atoms with Gasteiger partial charge in [0.1, 0.15) is 24.8 Å². The summed E-state index contributed by atoms with van der Waals surface area (Å²) in [5.41, 5.74) is -10.5. The number of ether oxygens (including phenoxy) is 6. The number of esters is 4. The number of hydrogen-bond donors (Lipinski definition) is 4. The van der Waals surface area contributed by atoms with Crippen molar-refractivity contribution in [3.63, 3.8) is 0 Å². The molecule has 5 fully saturated rings. The Balaban J connectivity index is 1.14. The van der Waals surface area contributed by atoms with Crippen LogP contribution >= 0.6 is 0 Å². The number of carbonyl (C=O) groups is 10. The van der Waals surface area contributed by atoms with E-state index in [1.165, 1.54) is 66.2 Å². The van der Waals surface area contributed by atoms with Gasteiger partial charge in [-0.05, 0) is 76.2 Å². The summed E-state index contributed by atoms with van der Waals surface area (Å²) in [6.07, 6.45) is 0. The zero-order valence-electron chi connectivity index (χ0n) is 45.3. The van der Waals surface area contributed by atoms with Gasteiger partial charge in [-0.2, -0.15) is 0 Å². The minimum absolute atomic E-state index is 0.0703. The Morgan fingerprint density at radius 1 is 0.390 bits per heavy atom. The van der Waals surface area contributed by atoms with E-state index in [9.17, 15) is 9.59 Å². The van der Waals surface area contributed by atoms with Crippen molar-refractivity contribution in [3.8, 4) is 11.5 Å². The molecule has 5 saturated heterocycles. The third-order valence-electron chi connectivity index (χ3n) is 15.8. The molecule has 0 radical (unpaired) electrons. The number of amides is 12. The predicted octanol–water partition coefficient (Wildman–Crippen LogP) is 4.64. The molecule has 0 aliphatic carbocycles. The molecule has 428 valence electrons. The van der Waals surface area contributed by atoms with Crippen LogP contribution in [0.3, 0.4) is 0 Å². The molecule has 0 spiro atoms. The third kappa shape index (κ3) is 7.01. The summed E-state index contributed by atoms with van der Waals surface area (Å²) >= 11 is 0. The molecule has 7 heterocycles. The van der Waals surface area contributed by atoms with Gasteiger partial charge in [0.15, 0.2) is 0 Å². The summed E-state index contributed by atoms with van der Waals surface area (Å²) in [6, 6.07) is 16.5. The summed E-state index contributed by atoms with van der Waals surface area (Å²) in [5.74, 6) is -5.27. The topological polar surface area (TPSA) is 300 Å². The molecule has 28 nitrogen and oxygen atoms in total. The predicted molar refractivity (Wildman–Crippen MR) is 282 cm³/mol. The van der Waals surface area contributed by atoms with Crippen LogP contribution in [0.5, 0.6) is 11.5 Å². The standard InChI is InChI=1S/C54H56N12O16/c1-7-79-41(67)51-53(43(69)81-9-3)63-29-64-48(74)60-26-34-36(40(78-6)24-22-38(34)58-46(72)56-32-19-15-12-16-20-32)28-62-50(76)66(54(64,44(70)82-10-4)52(60,62)42(68)80-8-2)30-65(53)49(75)61(51)27-35-33(25-59(51)47(63)73)37(21-23-39(35)77-5)57-45(71)55-31-17-13-11-14-18-31/h11-24H,7-10,25-30H2,1-6H3,(H2,55,57,71)(H2,56,58,72)/t51-,52+,53+,54-. The number of nitrogens with one attached hydrogen (secondary N) is 4. The summed E-state index contributed by atoms with van der Waals surface area (Å²) in [5, 5.41) is 11.1. The smallest absolute Gasteiger partial charge is 0.359 e. The molecule has 4 atom stereocenters. The number of hydrogen-bond acceptors (Lipinski definition) is 16. The number of urea groups is 6. The molecule has 12 amide bonds. The van der Waals surface area contributed by atoms with Crippen molar-refractivity contribution in [2.75, 3.05) is 75.3 Å². The van der Waals surface area contributed by atoms with Gasteiger partial charge >= 0.3 is 60.1 Å². The van der Waals surface area contributed by atoms with Crippen LogP contribution in [0.1, 0.15) is 49.9 Å². The molecule has 0 aromatic heterocycles. The van der Waals surface area contributed by atoms with Crippen LogP contribution in [-0.4, -0.2) is 176 Å². The SMILES string of the molecule is CCOC(=O)[C@@]12N3CN4C(=O)N5Cc6c(NC(=O)Nc7ccccc7)ccc(OC)c6CN6C(=O)N(CN1C(=O)N1Cc7c(OC)ccc(NC(=O)Nc8ccccc8)c7CN(C3=O)[C@@]12C(=O)OCC)[C@@]4(C(=O)OCC)[C@]56C(=O)OCC. The van der Waals surface area contributed by atoms with Crippen LogP contribution in [0.25, 0.3) is 0 Å². The number of para-hydroxylation sites is 2. The van der Waals surface area contributed by atoms with E-state index in [1.54, 1.807) is 60.7 Å². The number of fused-ring (bicyclic) bond motifs is 2. The lowest BCUT2D eigenvalue weighted by Crippen LogP contribution is -2.81. The normalized spacial score (nSPS) is 23.3. The lowest BCUT2D eigenvalue weighted by Gasteiger charge is -2.51. The summed E-state index contributed by atoms with van der Waals surface area (Å²) in [4.78, 5) is 162. The van der Waals surface area contributed by atoms with Crippen molar-refractivity contribution < 1.29 is 76.4 Å². The van der Waals surface area contributed by atoms with E-state index in [2.05, 4.69) is 21.3 Å². The molecule has 0 bridgehead atoms. The average Bonchev–Trinajstić information content (AvgIpc) is 2.98. The number of nitrogens with zero attached hydrogens (tertiary/aromatic N) is 8. The Morgan fingerprint density at radius 2 is 0.671 bits per heavy atom. The van der Waals surface area contributed by atoms with E-state index >= 15 is 38.4 Å². The van der Waals surface area contributed by atoms with Crippen LogP contribution in [0, 0.1) is 0 Å². The van der Waals surface area contributed by atoms with Crippen LogP contribution < -0.4 is 30.7 Å². The van der Waals surface area contributed by atoms with E-state index in [4.69, 9.17) is 28.4 Å². The second kappa shape index (κ2) is 20.0. The van der Waals surface area contributed by atoms with Crippen molar-refractivity contribution in [2.45, 2.75) is 76.5 Å². The van der Waals surface area contributed by atoms with Gasteiger partial charge < -0.3 is 49.7 Å². The maximum absolute atomic E-state index is 16.3. The first-order chi connectivity index (χ1) is 39.5. The molecule has 82 heavy (non-hydrogen) atoms. The van der Waals surface area contributed by atoms with Gasteiger partial charge in [-0.1, -0.05) is 36.4 Å². The third-order valence-corrected chi connectivity index (χ3v) is 15.8. The highest BCUT2D eigenvalue weighted by atomic mass is 16.6. The summed E-state index contributed by atoms with van der Waals surface area (Å²) in [6.45, 7) is -1.08. The number of carbonyl (C=O) groups excluding carboxylic acids is 10. The van der Waals surface area contributed by atoms with Gasteiger partial charge in [-0.15, -0.1) is 0 Å². The monoisotopic (exact) mass is 1130 g/mol. The molecule has 7 aliphatic heterocycles. The first-order valence-electron chi connectivity index (χ1n) is 26.2. The molecule has 4 N–H and O–H groups in total. The lowest BCUT2D eigenvalue weighted by atomic mass is 9.88. The van der Waals surface area contributed by atoms with Crippen molar-refractivity contribution in [2.24, 2.45) is 0 Å². The first kappa shape index (κ1) is 54.0. The zero-order valence-corrected chi connectivity index (χ0v) is 45.3. The van der Waals surface area contributed by atoms with Gasteiger partial charge in [0.2, 0.25) is 0 Å². The van der Waals surface area contributed by atoms with Crippen LogP contribution in [0.15, 0.2) is 84.9 Å². The van der Waals surface area contributed by atoms with Gasteiger partial charge in [0.25, 0.3) is 22.7 Å². The highest BCUT2D eigenvalue weighted by molar-refractivity contribution is 6.13. The number of benzene rings is 4. The second-order valence-corrected chi connectivity index (χ2v) is 19.5. The van der Waals surface area contributed by atoms with Crippen molar-refractivity contribution in [1.29, 1.82) is 0 Å². The first-order valence-corrected chi connectivity index (χ1v) is 26.2. The van der Waals surface area contributed by atoms with E-state index in [0.717, 1.165) is 29.4 Å². The molecule has 7 aliphatic rings. The Morgan fingerprint density at radius 3 is 0.951 bits per heavy atom. The molecule has 11 rings (SSSR count). The van der Waals surface area contributed by atoms with Crippen LogP contribution in [0.2, 0.25) is 0 Å². The Labute approximate surface area is 467 Å². The summed E-state index contributed by atoms with van der Waals surface area (Å²) < 4.78 is 35.0. The van der Waals surface area contributed by atoms with Crippen molar-refractivity contribution in [1.82, 2.24) is 39.2 Å². The van der Waals surface area contributed by atoms with Crippen LogP contribution in [0.4, 0.5) is 51.5 Å². The molecular weight excluding hydrogens is 1070 g/mol. The zero-order chi connectivity index (χ0) is 58.2. The van der Waals surface area contributed by atoms with Crippen molar-refractivity contribution in [3.05, 3.63) is 107 Å². The van der Waals surface area contributed by atoms with E-state index in [-0.39, 0.29) is 58.3 Å². The summed E-state index contributed by atoms with van der Waals surface area (Å²) in [7, 11) is 2.67. The Bertz CT molecular complexity index is 3190. The quantitative estimate of drug-likeness (QED) is 0.0988. The Kier molecular flexibility index (Phi) is 13.1.